The van der Waals surface area contributed by atoms with Gasteiger partial charge in [-0.2, -0.15) is 0 Å². The highest BCUT2D eigenvalue weighted by atomic mass is 32.2. The minimum absolute atomic E-state index is 0.213. The van der Waals surface area contributed by atoms with Gasteiger partial charge in [0.1, 0.15) is 4.90 Å². The molecule has 1 aromatic rings. The van der Waals surface area contributed by atoms with Gasteiger partial charge in [0.05, 0.1) is 5.69 Å². The monoisotopic (exact) mass is 271 g/mol. The predicted molar refractivity (Wildman–Crippen MR) is 71.4 cm³/mol. The molecule has 102 valence electrons. The molecule has 0 bridgehead atoms. The number of rotatable bonds is 6. The Hall–Kier alpha value is -0.980. The fraction of sp³-hybridized carbons (Fsp3) is 0.583. The maximum Gasteiger partial charge on any atom is 0.244 e. The van der Waals surface area contributed by atoms with Gasteiger partial charge in [0.2, 0.25) is 10.0 Å². The maximum absolute atomic E-state index is 12.2. The molecule has 2 N–H and O–H groups in total. The predicted octanol–water partition coefficient (Wildman–Crippen LogP) is 1.21. The Morgan fingerprint density at radius 3 is 2.56 bits per heavy atom. The fourth-order valence-electron chi connectivity index (χ4n) is 1.53. The average molecular weight is 271 g/mol. The van der Waals surface area contributed by atoms with Crippen LogP contribution in [0.3, 0.4) is 0 Å². The molecule has 0 radical (unpaired) electrons. The van der Waals surface area contributed by atoms with Gasteiger partial charge in [-0.15, -0.1) is 0 Å². The van der Waals surface area contributed by atoms with Gasteiger partial charge in [-0.05, 0) is 18.1 Å². The molecule has 5 nitrogen and oxygen atoms in total. The van der Waals surface area contributed by atoms with Crippen molar-refractivity contribution in [2.24, 2.45) is 11.7 Å². The molecule has 1 rings (SSSR count). The molecule has 0 aromatic carbocycles. The number of hydrogen-bond donors (Lipinski definition) is 1. The second-order valence-electron chi connectivity index (χ2n) is 4.49. The quantitative estimate of drug-likeness (QED) is 0.843. The molecule has 1 heterocycles. The van der Waals surface area contributed by atoms with E-state index in [1.165, 1.54) is 10.5 Å². The number of hydrogen-bond acceptors (Lipinski definition) is 4. The molecule has 0 aliphatic rings. The molecule has 0 amide bonds. The summed E-state index contributed by atoms with van der Waals surface area (Å²) in [5, 5.41) is 0. The van der Waals surface area contributed by atoms with Gasteiger partial charge < -0.3 is 5.73 Å². The summed E-state index contributed by atoms with van der Waals surface area (Å²) in [6.07, 6.45) is 2.31. The van der Waals surface area contributed by atoms with Crippen LogP contribution in [0, 0.1) is 5.92 Å². The molecular weight excluding hydrogens is 250 g/mol. The third kappa shape index (κ3) is 3.51. The number of nitrogens with zero attached hydrogens (tertiary/aromatic N) is 2. The van der Waals surface area contributed by atoms with Gasteiger partial charge in [-0.3, -0.25) is 4.98 Å². The highest BCUT2D eigenvalue weighted by molar-refractivity contribution is 7.89. The van der Waals surface area contributed by atoms with Crippen molar-refractivity contribution < 1.29 is 8.42 Å². The number of aromatic nitrogens is 1. The molecule has 1 atom stereocenters. The molecular formula is C12H21N3O2S. The van der Waals surface area contributed by atoms with Crippen LogP contribution in [0.2, 0.25) is 0 Å². The van der Waals surface area contributed by atoms with Crippen LogP contribution in [-0.2, 0) is 16.6 Å². The molecule has 0 aliphatic heterocycles. The van der Waals surface area contributed by atoms with E-state index in [0.29, 0.717) is 24.7 Å². The van der Waals surface area contributed by atoms with Crippen molar-refractivity contribution >= 4 is 10.0 Å². The van der Waals surface area contributed by atoms with Gasteiger partial charge in [-0.25, -0.2) is 12.7 Å². The summed E-state index contributed by atoms with van der Waals surface area (Å²) < 4.78 is 25.9. The molecule has 6 heteroatoms. The van der Waals surface area contributed by atoms with Gasteiger partial charge >= 0.3 is 0 Å². The standard InChI is InChI=1S/C12H21N3O2S/c1-4-10(2)9-15(3)18(16,17)12-6-5-11(7-13)14-8-12/h5-6,8,10H,4,7,9,13H2,1-3H3. The first-order valence-electron chi connectivity index (χ1n) is 6.03. The van der Waals surface area contributed by atoms with Gasteiger partial charge in [0.15, 0.2) is 0 Å². The van der Waals surface area contributed by atoms with Crippen molar-refractivity contribution in [3.63, 3.8) is 0 Å². The molecule has 0 saturated heterocycles. The minimum Gasteiger partial charge on any atom is -0.325 e. The zero-order chi connectivity index (χ0) is 13.8. The summed E-state index contributed by atoms with van der Waals surface area (Å²) >= 11 is 0. The zero-order valence-electron chi connectivity index (χ0n) is 11.1. The smallest absolute Gasteiger partial charge is 0.244 e. The van der Waals surface area contributed by atoms with Crippen LogP contribution in [0.1, 0.15) is 26.0 Å². The van der Waals surface area contributed by atoms with E-state index in [0.717, 1.165) is 6.42 Å². The summed E-state index contributed by atoms with van der Waals surface area (Å²) in [6.45, 7) is 4.89. The van der Waals surface area contributed by atoms with E-state index in [4.69, 9.17) is 5.73 Å². The van der Waals surface area contributed by atoms with Gasteiger partial charge in [0, 0.05) is 26.3 Å². The molecule has 0 aliphatic carbocycles. The van der Waals surface area contributed by atoms with Crippen molar-refractivity contribution in [1.82, 2.24) is 9.29 Å². The Morgan fingerprint density at radius 1 is 1.44 bits per heavy atom. The number of sulfonamides is 1. The highest BCUT2D eigenvalue weighted by Crippen LogP contribution is 2.15. The first kappa shape index (κ1) is 15.1. The van der Waals surface area contributed by atoms with Gasteiger partial charge in [0.25, 0.3) is 0 Å². The van der Waals surface area contributed by atoms with Gasteiger partial charge in [-0.1, -0.05) is 20.3 Å². The van der Waals surface area contributed by atoms with Crippen molar-refractivity contribution in [3.05, 3.63) is 24.0 Å². The van der Waals surface area contributed by atoms with E-state index in [2.05, 4.69) is 4.98 Å². The van der Waals surface area contributed by atoms with Crippen LogP contribution < -0.4 is 5.73 Å². The van der Waals surface area contributed by atoms with E-state index in [-0.39, 0.29) is 4.90 Å². The maximum atomic E-state index is 12.2. The lowest BCUT2D eigenvalue weighted by molar-refractivity contribution is 0.393. The van der Waals surface area contributed by atoms with Crippen LogP contribution in [0.5, 0.6) is 0 Å². The normalized spacial score (nSPS) is 13.8. The lowest BCUT2D eigenvalue weighted by Gasteiger charge is -2.20. The first-order chi connectivity index (χ1) is 8.41. The van der Waals surface area contributed by atoms with Crippen LogP contribution in [-0.4, -0.2) is 31.3 Å². The molecule has 1 unspecified atom stereocenters. The minimum atomic E-state index is -3.44. The number of pyridine rings is 1. The summed E-state index contributed by atoms with van der Waals surface area (Å²) in [5.41, 5.74) is 6.11. The summed E-state index contributed by atoms with van der Waals surface area (Å²) in [5.74, 6) is 0.334. The molecule has 1 aromatic heterocycles. The van der Waals surface area contributed by atoms with E-state index < -0.39 is 10.0 Å². The largest absolute Gasteiger partial charge is 0.325 e. The second-order valence-corrected chi connectivity index (χ2v) is 6.53. The van der Waals surface area contributed by atoms with Crippen LogP contribution in [0.4, 0.5) is 0 Å². The van der Waals surface area contributed by atoms with Crippen molar-refractivity contribution in [1.29, 1.82) is 0 Å². The summed E-state index contributed by atoms with van der Waals surface area (Å²) in [7, 11) is -1.84. The van der Waals surface area contributed by atoms with E-state index in [1.54, 1.807) is 19.2 Å². The third-order valence-corrected chi connectivity index (χ3v) is 4.79. The van der Waals surface area contributed by atoms with Crippen LogP contribution in [0.15, 0.2) is 23.2 Å². The summed E-state index contributed by atoms with van der Waals surface area (Å²) in [4.78, 5) is 4.23. The third-order valence-electron chi connectivity index (χ3n) is 2.98. The Kier molecular flexibility index (Phi) is 5.25. The van der Waals surface area contributed by atoms with E-state index >= 15 is 0 Å². The first-order valence-corrected chi connectivity index (χ1v) is 7.47. The van der Waals surface area contributed by atoms with E-state index in [1.807, 2.05) is 13.8 Å². The fourth-order valence-corrected chi connectivity index (χ4v) is 2.77. The summed E-state index contributed by atoms with van der Waals surface area (Å²) in [6, 6.07) is 3.20. The van der Waals surface area contributed by atoms with Crippen LogP contribution >= 0.6 is 0 Å². The SMILES string of the molecule is CCC(C)CN(C)S(=O)(=O)c1ccc(CN)nc1. The van der Waals surface area contributed by atoms with Crippen molar-refractivity contribution in [3.8, 4) is 0 Å². The lowest BCUT2D eigenvalue weighted by Crippen LogP contribution is -2.31. The molecule has 0 saturated carbocycles. The Balaban J connectivity index is 2.90. The molecule has 0 fully saturated rings. The zero-order valence-corrected chi connectivity index (χ0v) is 11.9. The van der Waals surface area contributed by atoms with E-state index in [9.17, 15) is 8.42 Å². The van der Waals surface area contributed by atoms with Crippen molar-refractivity contribution in [2.45, 2.75) is 31.7 Å². The molecule has 0 spiro atoms. The Labute approximate surface area is 109 Å². The topological polar surface area (TPSA) is 76.3 Å². The highest BCUT2D eigenvalue weighted by Gasteiger charge is 2.22. The van der Waals surface area contributed by atoms with Crippen molar-refractivity contribution in [2.75, 3.05) is 13.6 Å². The Morgan fingerprint density at radius 2 is 2.11 bits per heavy atom. The number of nitrogens with two attached hydrogens (primary N) is 1. The lowest BCUT2D eigenvalue weighted by atomic mass is 10.1. The average Bonchev–Trinajstić information content (AvgIpc) is 2.38. The molecule has 18 heavy (non-hydrogen) atoms. The Bertz CT molecular complexity index is 471. The second kappa shape index (κ2) is 6.26. The van der Waals surface area contributed by atoms with Crippen LogP contribution in [0.25, 0.3) is 0 Å².